The highest BCUT2D eigenvalue weighted by atomic mass is 32.2. The molecule has 0 radical (unpaired) electrons. The number of ether oxygens (including phenoxy) is 2. The van der Waals surface area contributed by atoms with Crippen LogP contribution in [0.1, 0.15) is 11.9 Å². The van der Waals surface area contributed by atoms with Crippen LogP contribution < -0.4 is 24.0 Å². The third kappa shape index (κ3) is 4.16. The standard InChI is InChI=1S/C23H24FN3O4S/c1-26(2)18-12-15(13-19(22(18)24)27(3)4)23-30-20-11-10-16(14-21(20)31-23)25-32(28,29)17-8-6-5-7-9-17/h5-14,23,25H,1-4H3. The Morgan fingerprint density at radius 1 is 0.844 bits per heavy atom. The second-order valence-corrected chi connectivity index (χ2v) is 9.49. The van der Waals surface area contributed by atoms with E-state index < -0.39 is 16.3 Å². The van der Waals surface area contributed by atoms with E-state index in [1.165, 1.54) is 12.1 Å². The van der Waals surface area contributed by atoms with Crippen LogP contribution in [0, 0.1) is 5.82 Å². The predicted octanol–water partition coefficient (Wildman–Crippen LogP) is 4.23. The van der Waals surface area contributed by atoms with Gasteiger partial charge in [-0.15, -0.1) is 0 Å². The van der Waals surface area contributed by atoms with Crippen LogP contribution in [0.15, 0.2) is 65.6 Å². The Hall–Kier alpha value is -3.46. The molecule has 0 fully saturated rings. The van der Waals surface area contributed by atoms with E-state index >= 15 is 0 Å². The molecule has 3 aromatic rings. The van der Waals surface area contributed by atoms with Gasteiger partial charge in [0, 0.05) is 39.8 Å². The molecule has 1 atom stereocenters. The smallest absolute Gasteiger partial charge is 0.268 e. The molecular formula is C23H24FN3O4S. The molecule has 1 unspecified atom stereocenters. The zero-order valence-electron chi connectivity index (χ0n) is 18.2. The Morgan fingerprint density at radius 3 is 2.03 bits per heavy atom. The van der Waals surface area contributed by atoms with E-state index in [9.17, 15) is 12.8 Å². The van der Waals surface area contributed by atoms with Crippen molar-refractivity contribution in [2.75, 3.05) is 42.7 Å². The molecule has 0 aromatic heterocycles. The van der Waals surface area contributed by atoms with Gasteiger partial charge in [0.2, 0.25) is 0 Å². The molecule has 9 heteroatoms. The summed E-state index contributed by atoms with van der Waals surface area (Å²) in [7, 11) is 3.32. The molecule has 1 aliphatic rings. The van der Waals surface area contributed by atoms with Gasteiger partial charge in [-0.1, -0.05) is 18.2 Å². The van der Waals surface area contributed by atoms with Gasteiger partial charge in [-0.2, -0.15) is 0 Å². The Morgan fingerprint density at radius 2 is 1.44 bits per heavy atom. The fraction of sp³-hybridized carbons (Fsp3) is 0.217. The van der Waals surface area contributed by atoms with E-state index in [0.29, 0.717) is 34.1 Å². The molecule has 0 bridgehead atoms. The largest absolute Gasteiger partial charge is 0.447 e. The van der Waals surface area contributed by atoms with E-state index in [2.05, 4.69) is 4.72 Å². The summed E-state index contributed by atoms with van der Waals surface area (Å²) in [6.45, 7) is 0. The van der Waals surface area contributed by atoms with Gasteiger partial charge < -0.3 is 19.3 Å². The summed E-state index contributed by atoms with van der Waals surface area (Å²) in [5.41, 5.74) is 1.80. The average molecular weight is 458 g/mol. The highest BCUT2D eigenvalue weighted by Crippen LogP contribution is 2.43. The molecule has 32 heavy (non-hydrogen) atoms. The van der Waals surface area contributed by atoms with Gasteiger partial charge in [0.1, 0.15) is 0 Å². The molecule has 0 spiro atoms. The summed E-state index contributed by atoms with van der Waals surface area (Å²) >= 11 is 0. The van der Waals surface area contributed by atoms with Gasteiger partial charge >= 0.3 is 0 Å². The molecule has 0 amide bonds. The third-order valence-electron chi connectivity index (χ3n) is 5.01. The van der Waals surface area contributed by atoms with Gasteiger partial charge in [-0.25, -0.2) is 12.8 Å². The summed E-state index contributed by atoms with van der Waals surface area (Å²) < 4.78 is 54.4. The van der Waals surface area contributed by atoms with Crippen LogP contribution in [0.25, 0.3) is 0 Å². The normalized spacial score (nSPS) is 14.8. The number of benzene rings is 3. The molecule has 0 aliphatic carbocycles. The monoisotopic (exact) mass is 457 g/mol. The van der Waals surface area contributed by atoms with Crippen molar-refractivity contribution in [3.05, 3.63) is 72.0 Å². The molecule has 7 nitrogen and oxygen atoms in total. The Kier molecular flexibility index (Phi) is 5.60. The maximum atomic E-state index is 14.8. The topological polar surface area (TPSA) is 71.1 Å². The van der Waals surface area contributed by atoms with Crippen molar-refractivity contribution in [1.82, 2.24) is 0 Å². The number of hydrogen-bond donors (Lipinski definition) is 1. The summed E-state index contributed by atoms with van der Waals surface area (Å²) in [5.74, 6) is 0.530. The number of hydrogen-bond acceptors (Lipinski definition) is 6. The van der Waals surface area contributed by atoms with Gasteiger partial charge in [-0.3, -0.25) is 4.72 Å². The lowest BCUT2D eigenvalue weighted by atomic mass is 10.1. The number of fused-ring (bicyclic) bond motifs is 1. The maximum absolute atomic E-state index is 14.8. The summed E-state index contributed by atoms with van der Waals surface area (Å²) in [4.78, 5) is 3.53. The van der Waals surface area contributed by atoms with Crippen LogP contribution in [-0.4, -0.2) is 36.6 Å². The first kappa shape index (κ1) is 21.8. The van der Waals surface area contributed by atoms with E-state index in [4.69, 9.17) is 9.47 Å². The second-order valence-electron chi connectivity index (χ2n) is 7.81. The minimum absolute atomic E-state index is 0.161. The molecule has 1 N–H and O–H groups in total. The minimum atomic E-state index is -3.73. The van der Waals surface area contributed by atoms with Gasteiger partial charge in [0.25, 0.3) is 16.3 Å². The summed E-state index contributed by atoms with van der Waals surface area (Å²) in [6.07, 6.45) is -0.788. The number of nitrogens with one attached hydrogen (secondary N) is 1. The Bertz CT molecular complexity index is 1220. The lowest BCUT2D eigenvalue weighted by Crippen LogP contribution is -2.18. The number of nitrogens with zero attached hydrogens (tertiary/aromatic N) is 2. The third-order valence-corrected chi connectivity index (χ3v) is 6.41. The van der Waals surface area contributed by atoms with Crippen molar-refractivity contribution in [3.8, 4) is 11.5 Å². The molecule has 0 saturated carbocycles. The van der Waals surface area contributed by atoms with Gasteiger partial charge in [-0.05, 0) is 36.4 Å². The summed E-state index contributed by atoms with van der Waals surface area (Å²) in [5, 5.41) is 0. The van der Waals surface area contributed by atoms with Crippen molar-refractivity contribution < 1.29 is 22.3 Å². The minimum Gasteiger partial charge on any atom is -0.447 e. The van der Waals surface area contributed by atoms with Crippen molar-refractivity contribution in [2.45, 2.75) is 11.2 Å². The fourth-order valence-electron chi connectivity index (χ4n) is 3.37. The van der Waals surface area contributed by atoms with Crippen molar-refractivity contribution in [2.24, 2.45) is 0 Å². The zero-order chi connectivity index (χ0) is 23.0. The highest BCUT2D eigenvalue weighted by Gasteiger charge is 2.29. The van der Waals surface area contributed by atoms with E-state index in [-0.39, 0.29) is 10.7 Å². The van der Waals surface area contributed by atoms with Crippen LogP contribution in [0.3, 0.4) is 0 Å². The second kappa shape index (κ2) is 8.23. The number of rotatable bonds is 6. The quantitative estimate of drug-likeness (QED) is 0.597. The molecule has 1 heterocycles. The Balaban J connectivity index is 1.60. The number of anilines is 3. The SMILES string of the molecule is CN(C)c1cc(C2Oc3ccc(NS(=O)(=O)c4ccccc4)cc3O2)cc(N(C)C)c1F. The fourth-order valence-corrected chi connectivity index (χ4v) is 4.44. The first-order valence-corrected chi connectivity index (χ1v) is 11.4. The van der Waals surface area contributed by atoms with E-state index in [0.717, 1.165) is 0 Å². The highest BCUT2D eigenvalue weighted by molar-refractivity contribution is 7.92. The maximum Gasteiger partial charge on any atom is 0.268 e. The van der Waals surface area contributed by atoms with Crippen LogP contribution in [-0.2, 0) is 10.0 Å². The van der Waals surface area contributed by atoms with Gasteiger partial charge in [0.15, 0.2) is 17.3 Å². The van der Waals surface area contributed by atoms with Gasteiger partial charge in [0.05, 0.1) is 22.0 Å². The average Bonchev–Trinajstić information content (AvgIpc) is 3.17. The van der Waals surface area contributed by atoms with E-state index in [1.807, 2.05) is 0 Å². The van der Waals surface area contributed by atoms with Crippen molar-refractivity contribution >= 4 is 27.1 Å². The lowest BCUT2D eigenvalue weighted by Gasteiger charge is -2.22. The van der Waals surface area contributed by atoms with Crippen LogP contribution in [0.4, 0.5) is 21.5 Å². The van der Waals surface area contributed by atoms with E-state index in [1.54, 1.807) is 86.5 Å². The predicted molar refractivity (Wildman–Crippen MR) is 123 cm³/mol. The summed E-state index contributed by atoms with van der Waals surface area (Å²) in [6, 6.07) is 16.3. The molecule has 168 valence electrons. The first-order chi connectivity index (χ1) is 15.2. The van der Waals surface area contributed by atoms with Crippen molar-refractivity contribution in [3.63, 3.8) is 0 Å². The molecule has 4 rings (SSSR count). The molecule has 1 aliphatic heterocycles. The lowest BCUT2D eigenvalue weighted by molar-refractivity contribution is 0.0487. The van der Waals surface area contributed by atoms with Crippen LogP contribution in [0.2, 0.25) is 0 Å². The first-order valence-electron chi connectivity index (χ1n) is 9.89. The number of sulfonamides is 1. The van der Waals surface area contributed by atoms with Crippen LogP contribution >= 0.6 is 0 Å². The molecular weight excluding hydrogens is 433 g/mol. The van der Waals surface area contributed by atoms with Crippen molar-refractivity contribution in [1.29, 1.82) is 0 Å². The van der Waals surface area contributed by atoms with Crippen LogP contribution in [0.5, 0.6) is 11.5 Å². The Labute approximate surface area is 187 Å². The number of halogens is 1. The zero-order valence-corrected chi connectivity index (χ0v) is 19.0. The molecule has 3 aromatic carbocycles. The molecule has 0 saturated heterocycles.